The fourth-order valence-electron chi connectivity index (χ4n) is 3.62. The first kappa shape index (κ1) is 17.4. The normalized spacial score (nSPS) is 20.6. The molecule has 0 spiro atoms. The topological polar surface area (TPSA) is 75.4 Å². The highest BCUT2D eigenvalue weighted by Gasteiger charge is 2.37. The summed E-state index contributed by atoms with van der Waals surface area (Å²) in [6.45, 7) is 4.72. The number of para-hydroxylation sites is 2. The summed E-state index contributed by atoms with van der Waals surface area (Å²) in [5.41, 5.74) is 0.474. The summed E-state index contributed by atoms with van der Waals surface area (Å²) in [4.78, 5) is 31.5. The van der Waals surface area contributed by atoms with Crippen LogP contribution in [-0.4, -0.2) is 45.2 Å². The Morgan fingerprint density at radius 3 is 2.92 bits per heavy atom. The van der Waals surface area contributed by atoms with Crippen molar-refractivity contribution in [3.05, 3.63) is 53.0 Å². The number of hydrogen-bond acceptors (Lipinski definition) is 4. The van der Waals surface area contributed by atoms with Gasteiger partial charge in [0.25, 0.3) is 11.5 Å². The summed E-state index contributed by atoms with van der Waals surface area (Å²) >= 11 is 0. The van der Waals surface area contributed by atoms with Gasteiger partial charge in [0.15, 0.2) is 5.69 Å². The van der Waals surface area contributed by atoms with Crippen LogP contribution in [0.1, 0.15) is 29.8 Å². The molecule has 6 nitrogen and oxygen atoms in total. The second kappa shape index (κ2) is 6.80. The number of nitrogens with zero attached hydrogens (tertiary/aromatic N) is 3. The molecule has 1 aliphatic rings. The van der Waals surface area contributed by atoms with Gasteiger partial charge in [-0.2, -0.15) is 0 Å². The Hall–Kier alpha value is -2.47. The Balaban J connectivity index is 1.98. The van der Waals surface area contributed by atoms with Crippen LogP contribution >= 0.6 is 0 Å². The van der Waals surface area contributed by atoms with E-state index in [1.807, 2.05) is 12.1 Å². The molecule has 1 fully saturated rings. The predicted molar refractivity (Wildman–Crippen MR) is 96.5 cm³/mol. The molecule has 0 bridgehead atoms. The van der Waals surface area contributed by atoms with Crippen molar-refractivity contribution in [3.8, 4) is 0 Å². The quantitative estimate of drug-likeness (QED) is 0.859. The van der Waals surface area contributed by atoms with Crippen LogP contribution in [0.25, 0.3) is 11.0 Å². The summed E-state index contributed by atoms with van der Waals surface area (Å²) in [5.74, 6) is -0.368. The number of benzene rings is 1. The molecule has 2 aromatic rings. The van der Waals surface area contributed by atoms with Crippen LogP contribution in [0.5, 0.6) is 0 Å². The highest BCUT2D eigenvalue weighted by molar-refractivity contribution is 5.94. The number of allylic oxidation sites excluding steroid dienone is 1. The van der Waals surface area contributed by atoms with Gasteiger partial charge >= 0.3 is 0 Å². The standard InChI is InChI=1S/C19H23N3O3/c1-3-9-19(13-23)10-6-11-22(12-19)18(25)16-17(24)21(2)15-8-5-4-7-14(15)20-16/h3-5,7-8,23H,1,6,9-13H2,2H3/t19-/m1/s1. The molecule has 1 aromatic heterocycles. The van der Waals surface area contributed by atoms with Crippen molar-refractivity contribution in [1.29, 1.82) is 0 Å². The van der Waals surface area contributed by atoms with Crippen LogP contribution in [-0.2, 0) is 7.05 Å². The van der Waals surface area contributed by atoms with E-state index in [0.29, 0.717) is 30.5 Å². The fourth-order valence-corrected chi connectivity index (χ4v) is 3.62. The zero-order valence-electron chi connectivity index (χ0n) is 14.4. The lowest BCUT2D eigenvalue weighted by Gasteiger charge is -2.41. The highest BCUT2D eigenvalue weighted by atomic mass is 16.3. The number of carbonyl (C=O) groups is 1. The number of carbonyl (C=O) groups excluding carboxylic acids is 1. The van der Waals surface area contributed by atoms with Crippen LogP contribution in [0, 0.1) is 5.41 Å². The Labute approximate surface area is 146 Å². The van der Waals surface area contributed by atoms with Crippen LogP contribution in [0.3, 0.4) is 0 Å². The summed E-state index contributed by atoms with van der Waals surface area (Å²) in [6, 6.07) is 7.26. The molecule has 3 rings (SSSR count). The largest absolute Gasteiger partial charge is 0.396 e. The molecule has 0 saturated carbocycles. The molecule has 2 heterocycles. The minimum absolute atomic E-state index is 0.00798. The van der Waals surface area contributed by atoms with Crippen LogP contribution in [0.15, 0.2) is 41.7 Å². The Kier molecular flexibility index (Phi) is 4.72. The minimum Gasteiger partial charge on any atom is -0.396 e. The molecule has 0 radical (unpaired) electrons. The maximum Gasteiger partial charge on any atom is 0.282 e. The van der Waals surface area contributed by atoms with Gasteiger partial charge < -0.3 is 14.6 Å². The minimum atomic E-state index is -0.396. The third-order valence-electron chi connectivity index (χ3n) is 5.05. The number of piperidine rings is 1. The lowest BCUT2D eigenvalue weighted by molar-refractivity contribution is 0.0280. The van der Waals surface area contributed by atoms with E-state index in [2.05, 4.69) is 11.6 Å². The van der Waals surface area contributed by atoms with Crippen LogP contribution in [0.4, 0.5) is 0 Å². The first-order chi connectivity index (χ1) is 12.0. The molecule has 132 valence electrons. The van der Waals surface area contributed by atoms with Gasteiger partial charge in [-0.15, -0.1) is 6.58 Å². The SMILES string of the molecule is C=CC[C@@]1(CO)CCCN(C(=O)c2nc3ccccc3n(C)c2=O)C1. The lowest BCUT2D eigenvalue weighted by Crippen LogP contribution is -2.49. The van der Waals surface area contributed by atoms with Gasteiger partial charge in [-0.1, -0.05) is 18.2 Å². The molecule has 1 atom stereocenters. The highest BCUT2D eigenvalue weighted by Crippen LogP contribution is 2.33. The zero-order chi connectivity index (χ0) is 18.0. The summed E-state index contributed by atoms with van der Waals surface area (Å²) in [7, 11) is 1.65. The van der Waals surface area contributed by atoms with Crippen molar-refractivity contribution >= 4 is 16.9 Å². The predicted octanol–water partition coefficient (Wildman–Crippen LogP) is 1.72. The van der Waals surface area contributed by atoms with E-state index in [9.17, 15) is 14.7 Å². The monoisotopic (exact) mass is 341 g/mol. The van der Waals surface area contributed by atoms with E-state index in [1.54, 1.807) is 30.2 Å². The molecular formula is C19H23N3O3. The number of likely N-dealkylation sites (tertiary alicyclic amines) is 1. The van der Waals surface area contributed by atoms with E-state index in [1.165, 1.54) is 4.57 Å². The van der Waals surface area contributed by atoms with Gasteiger partial charge in [-0.25, -0.2) is 4.98 Å². The van der Waals surface area contributed by atoms with Crippen LogP contribution in [0.2, 0.25) is 0 Å². The second-order valence-electron chi connectivity index (χ2n) is 6.79. The Morgan fingerprint density at radius 1 is 1.44 bits per heavy atom. The Morgan fingerprint density at radius 2 is 2.20 bits per heavy atom. The van der Waals surface area contributed by atoms with E-state index >= 15 is 0 Å². The maximum atomic E-state index is 13.0. The number of amides is 1. The third kappa shape index (κ3) is 3.09. The van der Waals surface area contributed by atoms with Gasteiger partial charge in [0.1, 0.15) is 0 Å². The van der Waals surface area contributed by atoms with Gasteiger partial charge in [0.05, 0.1) is 17.6 Å². The number of aryl methyl sites for hydroxylation is 1. The molecular weight excluding hydrogens is 318 g/mol. The van der Waals surface area contributed by atoms with Crippen molar-refractivity contribution in [1.82, 2.24) is 14.5 Å². The van der Waals surface area contributed by atoms with Gasteiger partial charge in [-0.3, -0.25) is 9.59 Å². The third-order valence-corrected chi connectivity index (χ3v) is 5.05. The zero-order valence-corrected chi connectivity index (χ0v) is 14.4. The molecule has 1 aliphatic heterocycles. The molecule has 0 aliphatic carbocycles. The summed E-state index contributed by atoms with van der Waals surface area (Å²) in [5, 5.41) is 9.82. The average Bonchev–Trinajstić information content (AvgIpc) is 2.64. The van der Waals surface area contributed by atoms with E-state index in [-0.39, 0.29) is 23.6 Å². The van der Waals surface area contributed by atoms with Gasteiger partial charge in [-0.05, 0) is 31.4 Å². The molecule has 1 N–H and O–H groups in total. The van der Waals surface area contributed by atoms with Crippen molar-refractivity contribution in [2.45, 2.75) is 19.3 Å². The molecule has 0 unspecified atom stereocenters. The first-order valence-electron chi connectivity index (χ1n) is 8.48. The number of rotatable bonds is 4. The molecule has 6 heteroatoms. The average molecular weight is 341 g/mol. The van der Waals surface area contributed by atoms with Gasteiger partial charge in [0.2, 0.25) is 0 Å². The second-order valence-corrected chi connectivity index (χ2v) is 6.79. The number of aromatic nitrogens is 2. The number of aliphatic hydroxyl groups is 1. The lowest BCUT2D eigenvalue weighted by atomic mass is 9.78. The molecule has 1 aromatic carbocycles. The number of fused-ring (bicyclic) bond motifs is 1. The van der Waals surface area contributed by atoms with Gasteiger partial charge in [0, 0.05) is 25.6 Å². The van der Waals surface area contributed by atoms with Crippen molar-refractivity contribution in [2.24, 2.45) is 12.5 Å². The molecule has 25 heavy (non-hydrogen) atoms. The molecule has 1 amide bonds. The van der Waals surface area contributed by atoms with E-state index in [4.69, 9.17) is 0 Å². The Bertz CT molecular complexity index is 874. The summed E-state index contributed by atoms with van der Waals surface area (Å²) < 4.78 is 1.46. The van der Waals surface area contributed by atoms with Crippen molar-refractivity contribution in [2.75, 3.05) is 19.7 Å². The smallest absolute Gasteiger partial charge is 0.282 e. The maximum absolute atomic E-state index is 13.0. The van der Waals surface area contributed by atoms with Crippen molar-refractivity contribution < 1.29 is 9.90 Å². The molecule has 1 saturated heterocycles. The van der Waals surface area contributed by atoms with E-state index < -0.39 is 5.56 Å². The van der Waals surface area contributed by atoms with Crippen molar-refractivity contribution in [3.63, 3.8) is 0 Å². The fraction of sp³-hybridized carbons (Fsp3) is 0.421. The first-order valence-corrected chi connectivity index (χ1v) is 8.48. The number of aliphatic hydroxyl groups excluding tert-OH is 1. The van der Waals surface area contributed by atoms with E-state index in [0.717, 1.165) is 12.8 Å². The van der Waals surface area contributed by atoms with Crippen LogP contribution < -0.4 is 5.56 Å². The number of hydrogen-bond donors (Lipinski definition) is 1. The summed E-state index contributed by atoms with van der Waals surface area (Å²) in [6.07, 6.45) is 4.03.